The number of hydrogen-bond donors (Lipinski definition) is 1. The van der Waals surface area contributed by atoms with Crippen LogP contribution in [-0.4, -0.2) is 9.97 Å². The van der Waals surface area contributed by atoms with Crippen LogP contribution in [0.1, 0.15) is 19.7 Å². The lowest BCUT2D eigenvalue weighted by molar-refractivity contribution is 0.560. The number of aromatic nitrogens is 2. The molecule has 70 valence electrons. The first-order valence-corrected chi connectivity index (χ1v) is 4.62. The van der Waals surface area contributed by atoms with E-state index < -0.39 is 0 Å². The normalized spacial score (nSPS) is 9.54. The third kappa shape index (κ3) is 2.01. The Morgan fingerprint density at radius 1 is 1.31 bits per heavy atom. The maximum Gasteiger partial charge on any atom is 0.192 e. The first-order chi connectivity index (χ1) is 6.27. The van der Waals surface area contributed by atoms with E-state index >= 15 is 0 Å². The number of rotatable bonds is 0. The van der Waals surface area contributed by atoms with Crippen molar-refractivity contribution in [3.05, 3.63) is 18.3 Å². The van der Waals surface area contributed by atoms with E-state index in [1.165, 1.54) is 0 Å². The van der Waals surface area contributed by atoms with Crippen LogP contribution < -0.4 is 0 Å². The molecule has 2 aromatic heterocycles. The van der Waals surface area contributed by atoms with E-state index in [-0.39, 0.29) is 0 Å². The highest BCUT2D eigenvalue weighted by molar-refractivity contribution is 7.80. The average Bonchev–Trinajstić information content (AvgIpc) is 2.51. The third-order valence-corrected chi connectivity index (χ3v) is 1.72. The van der Waals surface area contributed by atoms with Crippen LogP contribution in [0.15, 0.2) is 21.7 Å². The zero-order valence-electron chi connectivity index (χ0n) is 7.90. The lowest BCUT2D eigenvalue weighted by atomic mass is 10.4. The minimum absolute atomic E-state index is 0.642. The molecule has 13 heavy (non-hydrogen) atoms. The fourth-order valence-corrected chi connectivity index (χ4v) is 1.18. The molecular formula is C9H12N2OS. The van der Waals surface area contributed by atoms with Gasteiger partial charge in [0.25, 0.3) is 0 Å². The summed E-state index contributed by atoms with van der Waals surface area (Å²) < 4.78 is 5.23. The Bertz CT molecular complexity index is 397. The van der Waals surface area contributed by atoms with Gasteiger partial charge in [-0.3, -0.25) is 4.98 Å². The summed E-state index contributed by atoms with van der Waals surface area (Å²) in [6, 6.07) is 0. The monoisotopic (exact) mass is 196 g/mol. The summed E-state index contributed by atoms with van der Waals surface area (Å²) >= 11 is 4.18. The van der Waals surface area contributed by atoms with Crippen molar-refractivity contribution < 1.29 is 4.42 Å². The molecule has 0 aliphatic rings. The predicted molar refractivity (Wildman–Crippen MR) is 55.1 cm³/mol. The Morgan fingerprint density at radius 2 is 2.00 bits per heavy atom. The number of aryl methyl sites for hydroxylation is 1. The van der Waals surface area contributed by atoms with Gasteiger partial charge < -0.3 is 4.42 Å². The second-order valence-corrected chi connectivity index (χ2v) is 2.72. The number of fused-ring (bicyclic) bond motifs is 1. The van der Waals surface area contributed by atoms with E-state index in [0.717, 1.165) is 10.4 Å². The molecule has 2 rings (SSSR count). The van der Waals surface area contributed by atoms with Gasteiger partial charge in [0.15, 0.2) is 11.5 Å². The molecule has 3 nitrogen and oxygen atoms in total. The van der Waals surface area contributed by atoms with Crippen molar-refractivity contribution in [3.63, 3.8) is 0 Å². The van der Waals surface area contributed by atoms with Crippen molar-refractivity contribution in [2.45, 2.75) is 25.7 Å². The standard InChI is InChI=1S/C7H6N2OS.C2H6/c1-4-9-7-5(10-4)2-8-3-6(7)11;1-2/h2-3,11H,1H3;1-2H3. The summed E-state index contributed by atoms with van der Waals surface area (Å²) in [7, 11) is 0. The van der Waals surface area contributed by atoms with Gasteiger partial charge in [-0.1, -0.05) is 13.8 Å². The molecule has 4 heteroatoms. The number of pyridine rings is 1. The van der Waals surface area contributed by atoms with Crippen LogP contribution in [0.3, 0.4) is 0 Å². The summed E-state index contributed by atoms with van der Waals surface area (Å²) in [4.78, 5) is 8.79. The van der Waals surface area contributed by atoms with Gasteiger partial charge in [0.2, 0.25) is 0 Å². The van der Waals surface area contributed by atoms with Crippen LogP contribution >= 0.6 is 12.6 Å². The Kier molecular flexibility index (Phi) is 3.31. The zero-order valence-corrected chi connectivity index (χ0v) is 8.80. The molecular weight excluding hydrogens is 184 g/mol. The largest absolute Gasteiger partial charge is 0.439 e. The molecule has 0 amide bonds. The minimum Gasteiger partial charge on any atom is -0.439 e. The molecule has 0 fully saturated rings. The molecule has 0 radical (unpaired) electrons. The van der Waals surface area contributed by atoms with Crippen molar-refractivity contribution >= 4 is 23.7 Å². The first kappa shape index (κ1) is 10.1. The predicted octanol–water partition coefficient (Wildman–Crippen LogP) is 2.85. The van der Waals surface area contributed by atoms with Crippen LogP contribution in [0.25, 0.3) is 11.1 Å². The Labute approximate surface area is 82.6 Å². The fraction of sp³-hybridized carbons (Fsp3) is 0.333. The van der Waals surface area contributed by atoms with E-state index in [1.807, 2.05) is 13.8 Å². The van der Waals surface area contributed by atoms with Gasteiger partial charge in [-0.15, -0.1) is 12.6 Å². The van der Waals surface area contributed by atoms with E-state index in [0.29, 0.717) is 11.5 Å². The maximum absolute atomic E-state index is 5.23. The molecule has 0 spiro atoms. The quantitative estimate of drug-likeness (QED) is 0.658. The lowest BCUT2D eigenvalue weighted by Crippen LogP contribution is -1.74. The van der Waals surface area contributed by atoms with Gasteiger partial charge in [-0.2, -0.15) is 0 Å². The van der Waals surface area contributed by atoms with Gasteiger partial charge in [0, 0.05) is 13.1 Å². The molecule has 0 saturated heterocycles. The van der Waals surface area contributed by atoms with Crippen molar-refractivity contribution in [1.82, 2.24) is 9.97 Å². The van der Waals surface area contributed by atoms with E-state index in [9.17, 15) is 0 Å². The lowest BCUT2D eigenvalue weighted by Gasteiger charge is -1.87. The highest BCUT2D eigenvalue weighted by Gasteiger charge is 2.03. The molecule has 2 aromatic rings. The Balaban J connectivity index is 0.000000396. The highest BCUT2D eigenvalue weighted by Crippen LogP contribution is 2.19. The van der Waals surface area contributed by atoms with Crippen LogP contribution in [0.5, 0.6) is 0 Å². The van der Waals surface area contributed by atoms with Crippen LogP contribution in [0.2, 0.25) is 0 Å². The van der Waals surface area contributed by atoms with Crippen LogP contribution in [-0.2, 0) is 0 Å². The number of nitrogens with zero attached hydrogens (tertiary/aromatic N) is 2. The number of oxazole rings is 1. The number of hydrogen-bond acceptors (Lipinski definition) is 4. The summed E-state index contributed by atoms with van der Waals surface area (Å²) in [6.45, 7) is 5.80. The van der Waals surface area contributed by atoms with Gasteiger partial charge in [0.1, 0.15) is 5.52 Å². The Morgan fingerprint density at radius 3 is 2.62 bits per heavy atom. The molecule has 0 N–H and O–H groups in total. The van der Waals surface area contributed by atoms with E-state index in [2.05, 4.69) is 22.6 Å². The fourth-order valence-electron chi connectivity index (χ4n) is 0.951. The Hall–Kier alpha value is -1.03. The van der Waals surface area contributed by atoms with Crippen molar-refractivity contribution in [1.29, 1.82) is 0 Å². The van der Waals surface area contributed by atoms with Gasteiger partial charge in [-0.05, 0) is 0 Å². The summed E-state index contributed by atoms with van der Waals surface area (Å²) in [5.41, 5.74) is 1.47. The summed E-state index contributed by atoms with van der Waals surface area (Å²) in [5.74, 6) is 0.642. The molecule has 0 aliphatic heterocycles. The van der Waals surface area contributed by atoms with E-state index in [1.54, 1.807) is 19.3 Å². The van der Waals surface area contributed by atoms with Crippen LogP contribution in [0, 0.1) is 6.92 Å². The van der Waals surface area contributed by atoms with Gasteiger partial charge in [0.05, 0.1) is 11.1 Å². The smallest absolute Gasteiger partial charge is 0.192 e. The molecule has 0 bridgehead atoms. The molecule has 0 aromatic carbocycles. The maximum atomic E-state index is 5.23. The van der Waals surface area contributed by atoms with Gasteiger partial charge >= 0.3 is 0 Å². The second kappa shape index (κ2) is 4.28. The second-order valence-electron chi connectivity index (χ2n) is 2.24. The number of thiol groups is 1. The minimum atomic E-state index is 0.642. The van der Waals surface area contributed by atoms with Gasteiger partial charge in [-0.25, -0.2) is 4.98 Å². The average molecular weight is 196 g/mol. The summed E-state index contributed by atoms with van der Waals surface area (Å²) in [6.07, 6.45) is 3.28. The van der Waals surface area contributed by atoms with Crippen molar-refractivity contribution in [2.75, 3.05) is 0 Å². The molecule has 0 unspecified atom stereocenters. The molecule has 0 atom stereocenters. The van der Waals surface area contributed by atoms with Crippen LogP contribution in [0.4, 0.5) is 0 Å². The molecule has 0 aliphatic carbocycles. The SMILES string of the molecule is CC.Cc1nc2c(S)cncc2o1. The highest BCUT2D eigenvalue weighted by atomic mass is 32.1. The molecule has 0 saturated carbocycles. The zero-order chi connectivity index (χ0) is 9.84. The molecule has 2 heterocycles. The topological polar surface area (TPSA) is 38.9 Å². The van der Waals surface area contributed by atoms with Crippen molar-refractivity contribution in [3.8, 4) is 0 Å². The first-order valence-electron chi connectivity index (χ1n) is 4.17. The van der Waals surface area contributed by atoms with E-state index in [4.69, 9.17) is 4.42 Å². The third-order valence-electron chi connectivity index (χ3n) is 1.39. The summed E-state index contributed by atoms with van der Waals surface area (Å²) in [5, 5.41) is 0. The van der Waals surface area contributed by atoms with Crippen molar-refractivity contribution in [2.24, 2.45) is 0 Å².